The first-order valence-electron chi connectivity index (χ1n) is 30.9. The Bertz CT molecular complexity index is 2120. The number of unbranched alkanes of at least 4 members (excludes halogenated alkanes) is 1. The molecule has 2 saturated heterocycles. The molecule has 2 saturated carbocycles. The maximum absolute atomic E-state index is 12.2. The van der Waals surface area contributed by atoms with Gasteiger partial charge >= 0.3 is 36.8 Å². The van der Waals surface area contributed by atoms with Crippen LogP contribution in [0.2, 0.25) is 0 Å². The van der Waals surface area contributed by atoms with Crippen LogP contribution in [0, 0.1) is 30.3 Å². The van der Waals surface area contributed by atoms with E-state index in [2.05, 4.69) is 51.4 Å². The van der Waals surface area contributed by atoms with Crippen molar-refractivity contribution >= 4 is 55.6 Å². The number of methoxy groups -OCH3 is 2. The van der Waals surface area contributed by atoms with Crippen LogP contribution in [0.25, 0.3) is 0 Å². The average Bonchev–Trinajstić information content (AvgIpc) is 2.26. The van der Waals surface area contributed by atoms with E-state index in [1.807, 2.05) is 20.8 Å². The molecule has 2 heterocycles. The predicted molar refractivity (Wildman–Crippen MR) is 341 cm³/mol. The molecule has 0 aromatic heterocycles. The van der Waals surface area contributed by atoms with Crippen molar-refractivity contribution in [2.24, 2.45) is 23.7 Å². The first-order chi connectivity index (χ1) is 40.1. The van der Waals surface area contributed by atoms with E-state index in [0.717, 1.165) is 89.9 Å². The number of carbonyl (C=O) groups excluding carboxylic acids is 7. The summed E-state index contributed by atoms with van der Waals surface area (Å²) >= 11 is 0. The third-order valence-electron chi connectivity index (χ3n) is 15.1. The number of hydrogen-bond acceptors (Lipinski definition) is 18. The number of aliphatic hydroxyl groups excluding tert-OH is 1. The molecule has 0 radical (unpaired) electrons. The number of rotatable bonds is 30. The van der Waals surface area contributed by atoms with Crippen molar-refractivity contribution in [3.8, 4) is 0 Å². The molecule has 0 aromatic carbocycles. The molecule has 2 aliphatic carbocycles. The normalized spacial score (nSPS) is 21.4. The van der Waals surface area contributed by atoms with Crippen LogP contribution in [-0.4, -0.2) is 142 Å². The first kappa shape index (κ1) is 88.1. The third-order valence-corrected chi connectivity index (χ3v) is 17.0. The number of aliphatic hydroxyl groups is 1. The van der Waals surface area contributed by atoms with Crippen LogP contribution in [-0.2, 0) is 80.4 Å². The van der Waals surface area contributed by atoms with Gasteiger partial charge in [-0.25, -0.2) is 0 Å². The molecule has 1 N–H and O–H groups in total. The van der Waals surface area contributed by atoms with E-state index in [4.69, 9.17) is 38.3 Å². The van der Waals surface area contributed by atoms with Gasteiger partial charge in [0.2, 0.25) is 0 Å². The zero-order valence-electron chi connectivity index (χ0n) is 56.4. The fraction of sp³-hybridized carbons (Fsp3) is 0.758. The Morgan fingerprint density at radius 2 is 1.01 bits per heavy atom. The van der Waals surface area contributed by atoms with Gasteiger partial charge in [-0.15, -0.1) is 26.3 Å². The molecule has 0 amide bonds. The maximum Gasteiger partial charge on any atom is 1.00 e. The Labute approximate surface area is 537 Å². The van der Waals surface area contributed by atoms with Gasteiger partial charge in [0.15, 0.2) is 17.4 Å². The molecule has 4 fully saturated rings. The zero-order valence-corrected chi connectivity index (χ0v) is 58.2. The topological polar surface area (TPSA) is 248 Å². The number of carbonyl (C=O) groups is 7. The van der Waals surface area contributed by atoms with E-state index in [0.29, 0.717) is 50.9 Å². The minimum Gasteiger partial charge on any atom is -0.469 e. The second-order valence-electron chi connectivity index (χ2n) is 24.0. The molecule has 0 aromatic rings. The van der Waals surface area contributed by atoms with Crippen LogP contribution < -0.4 is 18.9 Å². The fourth-order valence-corrected chi connectivity index (χ4v) is 10.9. The fourth-order valence-electron chi connectivity index (χ4n) is 9.81. The van der Waals surface area contributed by atoms with Crippen molar-refractivity contribution in [2.45, 2.75) is 251 Å². The summed E-state index contributed by atoms with van der Waals surface area (Å²) in [5.74, 6) is -1.00. The summed E-state index contributed by atoms with van der Waals surface area (Å²) in [7, 11) is -0.396. The van der Waals surface area contributed by atoms with Crippen LogP contribution in [0.3, 0.4) is 0 Å². The standard InChI is InChI=1S/C22H38O6.C19H30O5.C9H17O2P.C7H12O.C6H10O2.C3H8O2P.Li/c1-5-6-9-16(2)20(26-17(3)23)11-10-18-14-19(15-21(24)25-4)28-22(27-18)12-7-8-13-22;1-4-7-14(2)17(20)9-8-15-12-16(13-18(21)22-3)24-19(23-15)10-5-6-11-19;1-5-6-8(2)9(10)7-12(3,4)11;1-4-5-6(2)7(3)8;1-3-4-6(8)5(2)7;1-5-6(2,3)4;/h16,18-20H,5-15H2,1-4H3;4,14-16H,1,5-13H2,2-3H3;5,8H,1,6-7H2,2-4H3;4,6H,1,5H2,2-3H3;3,6,8H,1,4H2,2H3;2H2,1,3H3;/q;;;;;-1;+1/t16-,18?,19-,20-;14-,15?,16-;8-;2*6-;;/m11111../s1. The largest absolute Gasteiger partial charge is 1.00 e. The van der Waals surface area contributed by atoms with Gasteiger partial charge in [0, 0.05) is 76.7 Å². The van der Waals surface area contributed by atoms with Gasteiger partial charge in [-0.3, -0.25) is 40.2 Å². The van der Waals surface area contributed by atoms with E-state index in [9.17, 15) is 42.7 Å². The molecule has 21 heteroatoms. The Hall–Kier alpha value is -3.13. The Balaban J connectivity index is -0.00000107. The minimum absolute atomic E-state index is 0. The maximum atomic E-state index is 12.2. The van der Waals surface area contributed by atoms with Crippen LogP contribution >= 0.6 is 14.5 Å². The van der Waals surface area contributed by atoms with Crippen LogP contribution in [0.5, 0.6) is 0 Å². The van der Waals surface area contributed by atoms with Gasteiger partial charge in [-0.05, 0) is 117 Å². The number of allylic oxidation sites excluding steroid dienone is 3. The Morgan fingerprint density at radius 1 is 0.621 bits per heavy atom. The molecule has 2 spiro atoms. The molecule has 498 valence electrons. The Kier molecular flexibility index (Phi) is 48.3. The molecule has 4 rings (SSSR count). The van der Waals surface area contributed by atoms with Crippen molar-refractivity contribution < 1.29 is 104 Å². The van der Waals surface area contributed by atoms with Crippen molar-refractivity contribution in [2.75, 3.05) is 47.5 Å². The van der Waals surface area contributed by atoms with Crippen molar-refractivity contribution in [1.29, 1.82) is 0 Å². The minimum atomic E-state index is -2.40. The summed E-state index contributed by atoms with van der Waals surface area (Å²) in [4.78, 5) is 79.2. The second-order valence-corrected chi connectivity index (χ2v) is 29.9. The molecular weight excluding hydrogens is 1150 g/mol. The van der Waals surface area contributed by atoms with E-state index >= 15 is 0 Å². The molecule has 3 unspecified atom stereocenters. The van der Waals surface area contributed by atoms with Gasteiger partial charge in [0.25, 0.3) is 0 Å². The van der Waals surface area contributed by atoms with Gasteiger partial charge in [0.05, 0.1) is 72.1 Å². The van der Waals surface area contributed by atoms with Gasteiger partial charge in [-0.2, -0.15) is 0 Å². The third kappa shape index (κ3) is 42.5. The smallest absolute Gasteiger partial charge is 0.469 e. The number of hydrogen-bond donors (Lipinski definition) is 1. The van der Waals surface area contributed by atoms with E-state index in [-0.39, 0.29) is 127 Å². The SMILES string of the molecule is C=CC[C@@H](C)C(=O)CCC1C[C@H](CC(=O)OC)OC2(CCCC2)O1.C=CC[C@@H](C)C(=O)CP(C)(C)=O.C=CC[C@@H](C)C(C)=O.C=CC[C@@H](O)C(C)=O.CCCC[C@@H](C)[C@@H](CCC1C[C@H](CC(=O)OC)OC2(CCCC2)O1)OC(C)=O.[CH2-]P(C)(=O)OC.[Li+]. The quantitative estimate of drug-likeness (QED) is 0.0175. The zero-order chi connectivity index (χ0) is 66.3. The van der Waals surface area contributed by atoms with Crippen LogP contribution in [0.15, 0.2) is 50.6 Å². The molecule has 4 aliphatic rings. The number of ketones is 4. The van der Waals surface area contributed by atoms with E-state index in [1.54, 1.807) is 38.5 Å². The molecule has 87 heavy (non-hydrogen) atoms. The molecule has 2 aliphatic heterocycles. The number of esters is 3. The van der Waals surface area contributed by atoms with Gasteiger partial charge < -0.3 is 51.9 Å². The van der Waals surface area contributed by atoms with Gasteiger partial charge in [0.1, 0.15) is 29.6 Å². The second kappa shape index (κ2) is 47.7. The van der Waals surface area contributed by atoms with Crippen molar-refractivity contribution in [3.05, 3.63) is 57.3 Å². The van der Waals surface area contributed by atoms with E-state index < -0.39 is 32.2 Å². The molecule has 18 nitrogen and oxygen atoms in total. The first-order valence-corrected chi connectivity index (χ1v) is 35.9. The van der Waals surface area contributed by atoms with Crippen molar-refractivity contribution in [1.82, 2.24) is 0 Å². The summed E-state index contributed by atoms with van der Waals surface area (Å²) < 4.78 is 66.1. The summed E-state index contributed by atoms with van der Waals surface area (Å²) in [6, 6.07) is 0. The molecular formula is C66H115LiO18P2. The summed E-state index contributed by atoms with van der Waals surface area (Å²) in [6.45, 7) is 36.6. The van der Waals surface area contributed by atoms with E-state index in [1.165, 1.54) is 47.9 Å². The van der Waals surface area contributed by atoms with Crippen LogP contribution in [0.4, 0.5) is 0 Å². The van der Waals surface area contributed by atoms with Gasteiger partial charge in [-0.1, -0.05) is 71.8 Å². The summed E-state index contributed by atoms with van der Waals surface area (Å²) in [5, 5.41) is 8.71. The van der Waals surface area contributed by atoms with Crippen LogP contribution in [0.1, 0.15) is 203 Å². The predicted octanol–water partition coefficient (Wildman–Crippen LogP) is 11.1. The summed E-state index contributed by atoms with van der Waals surface area (Å²) in [5.41, 5.74) is 0. The monoisotopic (exact) mass is 1260 g/mol. The Morgan fingerprint density at radius 3 is 1.33 bits per heavy atom. The molecule has 0 bridgehead atoms. The number of ether oxygens (including phenoxy) is 7. The summed E-state index contributed by atoms with van der Waals surface area (Å²) in [6.07, 6.45) is 24.0. The van der Waals surface area contributed by atoms with Crippen molar-refractivity contribution in [3.63, 3.8) is 0 Å². The molecule has 11 atom stereocenters. The average molecular weight is 1270 g/mol. The number of Topliss-reactive ketones (excluding diaryl/α,β-unsaturated/α-hetero) is 4.